The highest BCUT2D eigenvalue weighted by Gasteiger charge is 2.45. The van der Waals surface area contributed by atoms with Crippen LogP contribution in [0.4, 0.5) is 25.0 Å². The van der Waals surface area contributed by atoms with Gasteiger partial charge >= 0.3 is 12.6 Å². The number of hydrogen-bond donors (Lipinski definition) is 2. The van der Waals surface area contributed by atoms with E-state index in [0.717, 1.165) is 10.5 Å². The van der Waals surface area contributed by atoms with Crippen LogP contribution in [0.5, 0.6) is 5.75 Å². The Labute approximate surface area is 230 Å². The number of aryl methyl sites for hydroxylation is 1. The lowest BCUT2D eigenvalue weighted by molar-refractivity contribution is -0.122. The lowest BCUT2D eigenvalue weighted by Gasteiger charge is -2.41. The standard InChI is InChI=1S/C25H30F2N6O6S/c1-13(2)12-38-25(35)30-17-5-6-20-19(8-17)33(40(36,37)22-11-32(24(26)27)31-14(22)3)15(4)21(39-20)10-29-23(34)18-7-16(18)9-28/h5-6,8,11,13,15-16,18,21,24H,7,10,12H2,1-4H3,(H,29,34)(H,30,35)/t15-,16-,18+,21-/m1/s1. The SMILES string of the molecule is Cc1nn(C(F)F)cc1S(=O)(=O)N1c2cc(NC(=O)OCC(C)C)ccc2O[C@H](CNC(=O)[C@H]2C[C@@H]2C#N)[C@H]1C. The van der Waals surface area contributed by atoms with Crippen molar-refractivity contribution in [2.45, 2.75) is 57.7 Å². The smallest absolute Gasteiger partial charge is 0.411 e. The minimum absolute atomic E-state index is 0.0488. The van der Waals surface area contributed by atoms with Gasteiger partial charge in [-0.15, -0.1) is 0 Å². The molecule has 2 N–H and O–H groups in total. The summed E-state index contributed by atoms with van der Waals surface area (Å²) in [6, 6.07) is 5.44. The Balaban J connectivity index is 1.67. The molecular weight excluding hydrogens is 550 g/mol. The van der Waals surface area contributed by atoms with Gasteiger partial charge in [0.1, 0.15) is 16.7 Å². The maximum Gasteiger partial charge on any atom is 0.411 e. The van der Waals surface area contributed by atoms with Crippen LogP contribution < -0.4 is 19.7 Å². The Hall–Kier alpha value is -3.93. The van der Waals surface area contributed by atoms with Gasteiger partial charge in [0.2, 0.25) is 5.91 Å². The van der Waals surface area contributed by atoms with Crippen molar-refractivity contribution >= 4 is 33.4 Å². The quantitative estimate of drug-likeness (QED) is 0.457. The van der Waals surface area contributed by atoms with Crippen LogP contribution in [-0.2, 0) is 19.6 Å². The van der Waals surface area contributed by atoms with Crippen LogP contribution >= 0.6 is 0 Å². The third-order valence-corrected chi connectivity index (χ3v) is 8.56. The number of rotatable bonds is 9. The van der Waals surface area contributed by atoms with Gasteiger partial charge in [-0.2, -0.15) is 19.1 Å². The zero-order chi connectivity index (χ0) is 29.4. The number of nitrogens with zero attached hydrogens (tertiary/aromatic N) is 4. The van der Waals surface area contributed by atoms with Crippen LogP contribution in [0.3, 0.4) is 0 Å². The summed E-state index contributed by atoms with van der Waals surface area (Å²) in [7, 11) is -4.49. The van der Waals surface area contributed by atoms with Gasteiger partial charge < -0.3 is 14.8 Å². The van der Waals surface area contributed by atoms with E-state index in [2.05, 4.69) is 15.7 Å². The minimum Gasteiger partial charge on any atom is -0.484 e. The number of anilines is 2. The number of benzene rings is 1. The first-order valence-corrected chi connectivity index (χ1v) is 14.1. The molecule has 1 aromatic carbocycles. The molecule has 15 heteroatoms. The highest BCUT2D eigenvalue weighted by molar-refractivity contribution is 7.93. The van der Waals surface area contributed by atoms with Gasteiger partial charge in [0, 0.05) is 5.69 Å². The van der Waals surface area contributed by atoms with E-state index in [1.807, 2.05) is 19.9 Å². The van der Waals surface area contributed by atoms with Crippen molar-refractivity contribution in [3.05, 3.63) is 30.1 Å². The maximum atomic E-state index is 13.9. The Morgan fingerprint density at radius 3 is 2.65 bits per heavy atom. The van der Waals surface area contributed by atoms with Crippen molar-refractivity contribution in [3.8, 4) is 11.8 Å². The van der Waals surface area contributed by atoms with Crippen molar-refractivity contribution in [3.63, 3.8) is 0 Å². The largest absolute Gasteiger partial charge is 0.484 e. The van der Waals surface area contributed by atoms with Crippen LogP contribution in [0, 0.1) is 36.0 Å². The first-order chi connectivity index (χ1) is 18.8. The predicted octanol–water partition coefficient (Wildman–Crippen LogP) is 3.41. The number of hydrogen-bond acceptors (Lipinski definition) is 8. The van der Waals surface area contributed by atoms with Gasteiger partial charge in [-0.05, 0) is 44.4 Å². The molecule has 216 valence electrons. The van der Waals surface area contributed by atoms with Crippen molar-refractivity contribution in [1.29, 1.82) is 5.26 Å². The summed E-state index contributed by atoms with van der Waals surface area (Å²) in [5, 5.41) is 17.9. The van der Waals surface area contributed by atoms with E-state index < -0.39 is 45.6 Å². The summed E-state index contributed by atoms with van der Waals surface area (Å²) >= 11 is 0. The van der Waals surface area contributed by atoms with Crippen LogP contribution in [0.1, 0.15) is 39.4 Å². The molecular formula is C25H30F2N6O6S. The highest BCUT2D eigenvalue weighted by atomic mass is 32.2. The number of halogens is 2. The van der Waals surface area contributed by atoms with Crippen molar-refractivity contribution in [1.82, 2.24) is 15.1 Å². The molecule has 12 nitrogen and oxygen atoms in total. The zero-order valence-electron chi connectivity index (χ0n) is 22.3. The average Bonchev–Trinajstić information content (AvgIpc) is 3.57. The molecule has 0 radical (unpaired) electrons. The second-order valence-electron chi connectivity index (χ2n) is 10.2. The molecule has 1 saturated carbocycles. The second-order valence-corrected chi connectivity index (χ2v) is 11.9. The molecule has 1 aliphatic heterocycles. The predicted molar refractivity (Wildman–Crippen MR) is 138 cm³/mol. The first-order valence-electron chi connectivity index (χ1n) is 12.6. The maximum absolute atomic E-state index is 13.9. The third kappa shape index (κ3) is 5.96. The zero-order valence-corrected chi connectivity index (χ0v) is 23.1. The third-order valence-electron chi connectivity index (χ3n) is 6.56. The minimum atomic E-state index is -4.49. The number of ether oxygens (including phenoxy) is 2. The Morgan fingerprint density at radius 2 is 2.05 bits per heavy atom. The summed E-state index contributed by atoms with van der Waals surface area (Å²) in [6.07, 6.45) is -0.395. The fourth-order valence-corrected chi connectivity index (χ4v) is 6.18. The molecule has 4 atom stereocenters. The number of sulfonamides is 1. The molecule has 1 aromatic heterocycles. The lowest BCUT2D eigenvalue weighted by Crippen LogP contribution is -2.54. The fraction of sp³-hybridized carbons (Fsp3) is 0.520. The van der Waals surface area contributed by atoms with Crippen LogP contribution in [0.2, 0.25) is 0 Å². The molecule has 0 bridgehead atoms. The topological polar surface area (TPSA) is 156 Å². The van der Waals surface area contributed by atoms with Crippen LogP contribution in [-0.4, -0.2) is 55.5 Å². The number of amides is 2. The molecule has 1 fully saturated rings. The van der Waals surface area contributed by atoms with Crippen molar-refractivity contribution in [2.24, 2.45) is 17.8 Å². The van der Waals surface area contributed by atoms with E-state index in [1.54, 1.807) is 6.92 Å². The Morgan fingerprint density at radius 1 is 1.32 bits per heavy atom. The van der Waals surface area contributed by atoms with Gasteiger partial charge in [0.25, 0.3) is 10.0 Å². The summed E-state index contributed by atoms with van der Waals surface area (Å²) in [5.41, 5.74) is 0.132. The molecule has 0 spiro atoms. The van der Waals surface area contributed by atoms with Gasteiger partial charge in [0.15, 0.2) is 0 Å². The summed E-state index contributed by atoms with van der Waals surface area (Å²) in [6.45, 7) is 3.65. The number of carbonyl (C=O) groups is 2. The van der Waals surface area contributed by atoms with E-state index in [0.29, 0.717) is 6.42 Å². The van der Waals surface area contributed by atoms with E-state index >= 15 is 0 Å². The number of nitrogens with one attached hydrogen (secondary N) is 2. The second kappa shape index (κ2) is 11.3. The lowest BCUT2D eigenvalue weighted by atomic mass is 10.1. The van der Waals surface area contributed by atoms with E-state index in [9.17, 15) is 26.8 Å². The molecule has 2 heterocycles. The molecule has 2 amide bonds. The molecule has 2 aliphatic rings. The van der Waals surface area contributed by atoms with Gasteiger partial charge in [-0.3, -0.25) is 14.4 Å². The summed E-state index contributed by atoms with van der Waals surface area (Å²) < 4.78 is 67.0. The number of alkyl halides is 2. The Kier molecular flexibility index (Phi) is 8.20. The van der Waals surface area contributed by atoms with Gasteiger partial charge in [0.05, 0.1) is 54.7 Å². The van der Waals surface area contributed by atoms with E-state index in [1.165, 1.54) is 25.1 Å². The van der Waals surface area contributed by atoms with Crippen molar-refractivity contribution in [2.75, 3.05) is 22.8 Å². The van der Waals surface area contributed by atoms with E-state index in [4.69, 9.17) is 14.7 Å². The molecule has 4 rings (SSSR count). The highest BCUT2D eigenvalue weighted by Crippen LogP contribution is 2.42. The number of fused-ring (bicyclic) bond motifs is 1. The molecule has 0 saturated heterocycles. The monoisotopic (exact) mass is 580 g/mol. The summed E-state index contributed by atoms with van der Waals surface area (Å²) in [4.78, 5) is 24.2. The number of aromatic nitrogens is 2. The fourth-order valence-electron chi connectivity index (χ4n) is 4.34. The number of nitriles is 1. The molecule has 40 heavy (non-hydrogen) atoms. The van der Waals surface area contributed by atoms with Gasteiger partial charge in [-0.25, -0.2) is 17.9 Å². The Bertz CT molecular complexity index is 1440. The number of carbonyl (C=O) groups excluding carboxylic acids is 2. The van der Waals surface area contributed by atoms with Crippen LogP contribution in [0.25, 0.3) is 0 Å². The van der Waals surface area contributed by atoms with E-state index in [-0.39, 0.29) is 58.4 Å². The van der Waals surface area contributed by atoms with Crippen molar-refractivity contribution < 1.29 is 36.3 Å². The van der Waals surface area contributed by atoms with Gasteiger partial charge in [-0.1, -0.05) is 13.8 Å². The first kappa shape index (κ1) is 29.1. The van der Waals surface area contributed by atoms with Crippen LogP contribution in [0.15, 0.2) is 29.3 Å². The summed E-state index contributed by atoms with van der Waals surface area (Å²) in [5.74, 6) is -0.888. The normalized spacial score (nSPS) is 21.8. The molecule has 1 aliphatic carbocycles. The average molecular weight is 581 g/mol. The molecule has 0 unspecified atom stereocenters. The molecule has 2 aromatic rings.